The molecule has 2 aromatic carbocycles. The predicted octanol–water partition coefficient (Wildman–Crippen LogP) is 2.93. The van der Waals surface area contributed by atoms with Crippen LogP contribution in [0, 0.1) is 5.92 Å². The summed E-state index contributed by atoms with van der Waals surface area (Å²) in [6, 6.07) is 18.6. The van der Waals surface area contributed by atoms with Gasteiger partial charge in [0.05, 0.1) is 5.52 Å². The Balaban J connectivity index is 1.39. The Kier molecular flexibility index (Phi) is 4.87. The molecule has 0 atom stereocenters. The number of aromatic amines is 1. The van der Waals surface area contributed by atoms with Gasteiger partial charge in [0, 0.05) is 11.9 Å². The second kappa shape index (κ2) is 7.81. The zero-order chi connectivity index (χ0) is 19.6. The van der Waals surface area contributed by atoms with E-state index in [1.807, 2.05) is 24.3 Å². The summed E-state index contributed by atoms with van der Waals surface area (Å²) in [6.07, 6.45) is 2.52. The van der Waals surface area contributed by atoms with Gasteiger partial charge in [-0.25, -0.2) is 14.3 Å². The molecule has 6 heteroatoms. The molecule has 3 N–H and O–H groups in total. The number of hydrogen-bond acceptors (Lipinski definition) is 4. The van der Waals surface area contributed by atoms with E-state index in [1.54, 1.807) is 4.40 Å². The van der Waals surface area contributed by atoms with Gasteiger partial charge in [0.15, 0.2) is 5.65 Å². The Morgan fingerprint density at radius 2 is 1.86 bits per heavy atom. The van der Waals surface area contributed by atoms with Crippen LogP contribution in [0.5, 0.6) is 0 Å². The second-order valence-corrected chi connectivity index (χ2v) is 7.82. The Bertz CT molecular complexity index is 1190. The Morgan fingerprint density at radius 3 is 2.69 bits per heavy atom. The number of aromatic nitrogens is 3. The molecule has 29 heavy (non-hydrogen) atoms. The van der Waals surface area contributed by atoms with Gasteiger partial charge < -0.3 is 10.6 Å². The van der Waals surface area contributed by atoms with E-state index >= 15 is 0 Å². The lowest BCUT2D eigenvalue weighted by molar-refractivity contribution is 0.356. The van der Waals surface area contributed by atoms with E-state index in [0.717, 1.165) is 54.1 Å². The van der Waals surface area contributed by atoms with Crippen LogP contribution < -0.4 is 16.3 Å². The lowest BCUT2D eigenvalue weighted by Gasteiger charge is -2.22. The first-order chi connectivity index (χ1) is 14.3. The molecule has 6 nitrogen and oxygen atoms in total. The minimum Gasteiger partial charge on any atom is -0.317 e. The fraction of sp³-hybridized carbons (Fsp3) is 0.304. The van der Waals surface area contributed by atoms with E-state index in [4.69, 9.17) is 0 Å². The van der Waals surface area contributed by atoms with Crippen molar-refractivity contribution >= 4 is 16.6 Å². The van der Waals surface area contributed by atoms with Crippen LogP contribution in [-0.2, 0) is 6.54 Å². The van der Waals surface area contributed by atoms with Gasteiger partial charge in [0.1, 0.15) is 0 Å². The summed E-state index contributed by atoms with van der Waals surface area (Å²) in [6.45, 7) is 4.25. The Morgan fingerprint density at radius 1 is 1.07 bits per heavy atom. The minimum absolute atomic E-state index is 0.210. The number of rotatable bonds is 5. The molecule has 0 amide bonds. The van der Waals surface area contributed by atoms with Gasteiger partial charge in [-0.2, -0.15) is 5.10 Å². The van der Waals surface area contributed by atoms with Gasteiger partial charge in [-0.1, -0.05) is 42.5 Å². The number of hydrogen-bond donors (Lipinski definition) is 3. The average molecular weight is 387 g/mol. The third-order valence-electron chi connectivity index (χ3n) is 5.89. The molecule has 3 heterocycles. The highest BCUT2D eigenvalue weighted by Gasteiger charge is 2.13. The van der Waals surface area contributed by atoms with Crippen molar-refractivity contribution in [1.29, 1.82) is 0 Å². The number of benzene rings is 2. The topological polar surface area (TPSA) is 74.2 Å². The van der Waals surface area contributed by atoms with Crippen molar-refractivity contribution in [2.75, 3.05) is 19.6 Å². The number of H-pyrrole nitrogens is 1. The highest BCUT2D eigenvalue weighted by molar-refractivity contribution is 5.97. The van der Waals surface area contributed by atoms with Gasteiger partial charge in [-0.15, -0.1) is 0 Å². The number of para-hydroxylation sites is 1. The molecule has 0 saturated carbocycles. The number of nitrogens with zero attached hydrogens (tertiary/aromatic N) is 2. The number of piperidine rings is 1. The predicted molar refractivity (Wildman–Crippen MR) is 116 cm³/mol. The monoisotopic (exact) mass is 387 g/mol. The van der Waals surface area contributed by atoms with Gasteiger partial charge >= 0.3 is 5.69 Å². The van der Waals surface area contributed by atoms with Crippen molar-refractivity contribution in [3.8, 4) is 11.1 Å². The van der Waals surface area contributed by atoms with Crippen LogP contribution >= 0.6 is 0 Å². The third-order valence-corrected chi connectivity index (χ3v) is 5.89. The number of nitrogens with one attached hydrogen (secondary N) is 3. The van der Waals surface area contributed by atoms with E-state index in [2.05, 4.69) is 51.2 Å². The standard InChI is InChI=1S/C23H25N5O/c29-23-27-26-22-13-20(19-3-1-2-4-21(19)28(22)23)18-7-5-16(6-8-18)14-25-15-17-9-11-24-12-10-17/h1-8,13,17,24-25H,9-12,14-15H2,(H,27,29). The highest BCUT2D eigenvalue weighted by Crippen LogP contribution is 2.29. The van der Waals surface area contributed by atoms with Crippen LogP contribution in [0.3, 0.4) is 0 Å². The van der Waals surface area contributed by atoms with Crippen LogP contribution in [0.4, 0.5) is 0 Å². The first kappa shape index (κ1) is 18.1. The molecule has 5 rings (SSSR count). The fourth-order valence-electron chi connectivity index (χ4n) is 4.29. The quantitative estimate of drug-likeness (QED) is 0.492. The third kappa shape index (κ3) is 3.57. The first-order valence-electron chi connectivity index (χ1n) is 10.3. The molecule has 2 aromatic heterocycles. The molecule has 0 bridgehead atoms. The molecule has 4 aromatic rings. The Labute approximate surface area is 169 Å². The molecule has 0 spiro atoms. The van der Waals surface area contributed by atoms with Crippen LogP contribution in [0.25, 0.3) is 27.7 Å². The van der Waals surface area contributed by atoms with E-state index in [1.165, 1.54) is 18.4 Å². The molecular formula is C23H25N5O. The van der Waals surface area contributed by atoms with Crippen molar-refractivity contribution in [3.63, 3.8) is 0 Å². The summed E-state index contributed by atoms with van der Waals surface area (Å²) in [4.78, 5) is 12.1. The summed E-state index contributed by atoms with van der Waals surface area (Å²) in [5.74, 6) is 0.783. The Hall–Kier alpha value is -2.96. The highest BCUT2D eigenvalue weighted by atomic mass is 16.1. The number of pyridine rings is 1. The normalized spacial score (nSPS) is 15.3. The summed E-state index contributed by atoms with van der Waals surface area (Å²) in [7, 11) is 0. The largest absolute Gasteiger partial charge is 0.348 e. The smallest absolute Gasteiger partial charge is 0.317 e. The van der Waals surface area contributed by atoms with Gasteiger partial charge in [0.25, 0.3) is 0 Å². The summed E-state index contributed by atoms with van der Waals surface area (Å²) in [5, 5.41) is 14.8. The molecule has 0 unspecified atom stereocenters. The summed E-state index contributed by atoms with van der Waals surface area (Å²) in [5.41, 5.74) is 4.78. The maximum Gasteiger partial charge on any atom is 0.348 e. The lowest BCUT2D eigenvalue weighted by Crippen LogP contribution is -2.33. The summed E-state index contributed by atoms with van der Waals surface area (Å²) >= 11 is 0. The maximum atomic E-state index is 12.1. The van der Waals surface area contributed by atoms with Crippen molar-refractivity contribution in [2.24, 2.45) is 5.92 Å². The van der Waals surface area contributed by atoms with Gasteiger partial charge in [-0.3, -0.25) is 0 Å². The van der Waals surface area contributed by atoms with Crippen molar-refractivity contribution in [1.82, 2.24) is 25.2 Å². The van der Waals surface area contributed by atoms with E-state index in [0.29, 0.717) is 5.65 Å². The van der Waals surface area contributed by atoms with E-state index in [9.17, 15) is 4.79 Å². The van der Waals surface area contributed by atoms with Crippen molar-refractivity contribution in [2.45, 2.75) is 19.4 Å². The average Bonchev–Trinajstić information content (AvgIpc) is 3.15. The van der Waals surface area contributed by atoms with Crippen molar-refractivity contribution in [3.05, 3.63) is 70.6 Å². The lowest BCUT2D eigenvalue weighted by atomic mass is 9.98. The molecule has 0 radical (unpaired) electrons. The molecular weight excluding hydrogens is 362 g/mol. The van der Waals surface area contributed by atoms with E-state index < -0.39 is 0 Å². The maximum absolute atomic E-state index is 12.1. The number of fused-ring (bicyclic) bond motifs is 3. The molecule has 148 valence electrons. The fourth-order valence-corrected chi connectivity index (χ4v) is 4.29. The molecule has 1 saturated heterocycles. The molecule has 1 aliphatic rings. The molecule has 0 aliphatic carbocycles. The van der Waals surface area contributed by atoms with Crippen LogP contribution in [0.15, 0.2) is 59.4 Å². The molecule has 1 fully saturated rings. The zero-order valence-electron chi connectivity index (χ0n) is 16.3. The van der Waals surface area contributed by atoms with Crippen LogP contribution in [0.1, 0.15) is 18.4 Å². The van der Waals surface area contributed by atoms with Crippen LogP contribution in [-0.4, -0.2) is 34.2 Å². The van der Waals surface area contributed by atoms with Crippen molar-refractivity contribution < 1.29 is 0 Å². The zero-order valence-corrected chi connectivity index (χ0v) is 16.3. The second-order valence-electron chi connectivity index (χ2n) is 7.82. The minimum atomic E-state index is -0.210. The molecule has 1 aliphatic heterocycles. The summed E-state index contributed by atoms with van der Waals surface area (Å²) < 4.78 is 1.62. The van der Waals surface area contributed by atoms with Gasteiger partial charge in [0.2, 0.25) is 0 Å². The van der Waals surface area contributed by atoms with E-state index in [-0.39, 0.29) is 5.69 Å². The first-order valence-corrected chi connectivity index (χ1v) is 10.3. The van der Waals surface area contributed by atoms with Crippen LogP contribution in [0.2, 0.25) is 0 Å². The van der Waals surface area contributed by atoms with Gasteiger partial charge in [-0.05, 0) is 67.2 Å². The SMILES string of the molecule is O=c1[nH]nc2cc(-c3ccc(CNCC4CCNCC4)cc3)c3ccccc3n12.